The molecule has 8 atom stereocenters. The van der Waals surface area contributed by atoms with Crippen LogP contribution >= 0.6 is 0 Å². The lowest BCUT2D eigenvalue weighted by Gasteiger charge is -2.68. The van der Waals surface area contributed by atoms with Gasteiger partial charge in [-0.05, 0) is 132 Å². The lowest BCUT2D eigenvalue weighted by atomic mass is 9.36. The summed E-state index contributed by atoms with van der Waals surface area (Å²) in [5, 5.41) is 0. The number of carbonyl (C=O) groups excluding carboxylic acids is 2. The van der Waals surface area contributed by atoms with Crippen LogP contribution in [0.2, 0.25) is 0 Å². The van der Waals surface area contributed by atoms with Crippen molar-refractivity contribution in [3.05, 3.63) is 77.4 Å². The van der Waals surface area contributed by atoms with Gasteiger partial charge in [0.2, 0.25) is 0 Å². The molecule has 0 amide bonds. The summed E-state index contributed by atoms with van der Waals surface area (Å²) < 4.78 is 11.0. The first kappa shape index (κ1) is 30.8. The number of esters is 2. The molecule has 4 heteroatoms. The molecule has 4 saturated carbocycles. The van der Waals surface area contributed by atoms with Crippen molar-refractivity contribution in [1.29, 1.82) is 0 Å². The number of methoxy groups -OCH3 is 1. The van der Waals surface area contributed by atoms with Crippen LogP contribution in [-0.4, -0.2) is 19.0 Å². The van der Waals surface area contributed by atoms with E-state index in [1.807, 2.05) is 30.3 Å². The quantitative estimate of drug-likeness (QED) is 0.317. The van der Waals surface area contributed by atoms with E-state index in [4.69, 9.17) is 9.47 Å². The lowest BCUT2D eigenvalue weighted by Crippen LogP contribution is -2.61. The van der Waals surface area contributed by atoms with Gasteiger partial charge in [0.15, 0.2) is 0 Å². The van der Waals surface area contributed by atoms with Gasteiger partial charge in [-0.2, -0.15) is 0 Å². The first-order chi connectivity index (χ1) is 21.5. The summed E-state index contributed by atoms with van der Waals surface area (Å²) in [5.41, 5.74) is 4.71. The minimum Gasteiger partial charge on any atom is -0.465 e. The van der Waals surface area contributed by atoms with Crippen molar-refractivity contribution < 1.29 is 19.1 Å². The fourth-order valence-corrected chi connectivity index (χ4v) is 12.4. The summed E-state index contributed by atoms with van der Waals surface area (Å²) >= 11 is 0. The molecule has 5 aliphatic carbocycles. The SMILES string of the molecule is COC(=O)c1ccc(C2=CCC3(C)[C@@H](CCC4(C)C5CCC6(C(=O)OCc7ccccc7)CCC[C@@H]6C5CC[C@@H]43)C2(C)C)cc1. The van der Waals surface area contributed by atoms with Crippen molar-refractivity contribution in [2.75, 3.05) is 7.11 Å². The van der Waals surface area contributed by atoms with Gasteiger partial charge >= 0.3 is 11.9 Å². The second-order valence-corrected chi connectivity index (χ2v) is 16.4. The van der Waals surface area contributed by atoms with Gasteiger partial charge in [0.05, 0.1) is 18.1 Å². The highest BCUT2D eigenvalue weighted by Crippen LogP contribution is 2.73. The average molecular weight is 609 g/mol. The molecule has 5 aliphatic rings. The number of carbonyl (C=O) groups is 2. The third kappa shape index (κ3) is 4.67. The normalized spacial score (nSPS) is 38.1. The Morgan fingerprint density at radius 2 is 1.53 bits per heavy atom. The molecule has 45 heavy (non-hydrogen) atoms. The minimum absolute atomic E-state index is 0.0492. The number of fused-ring (bicyclic) bond motifs is 7. The van der Waals surface area contributed by atoms with Crippen molar-refractivity contribution in [1.82, 2.24) is 0 Å². The van der Waals surface area contributed by atoms with Crippen LogP contribution in [0.25, 0.3) is 5.57 Å². The van der Waals surface area contributed by atoms with E-state index in [-0.39, 0.29) is 28.2 Å². The Hall–Kier alpha value is -2.88. The molecule has 7 rings (SSSR count). The Morgan fingerprint density at radius 3 is 2.27 bits per heavy atom. The topological polar surface area (TPSA) is 52.6 Å². The number of hydrogen-bond acceptors (Lipinski definition) is 4. The number of hydrogen-bond donors (Lipinski definition) is 0. The van der Waals surface area contributed by atoms with Crippen LogP contribution in [0.1, 0.15) is 113 Å². The zero-order valence-electron chi connectivity index (χ0n) is 28.1. The molecular formula is C41H52O4. The predicted octanol–water partition coefficient (Wildman–Crippen LogP) is 9.68. The van der Waals surface area contributed by atoms with Crippen molar-refractivity contribution in [3.8, 4) is 0 Å². The monoisotopic (exact) mass is 608 g/mol. The van der Waals surface area contributed by atoms with E-state index in [0.29, 0.717) is 47.2 Å². The molecule has 0 bridgehead atoms. The third-order valence-electron chi connectivity index (χ3n) is 14.3. The standard InChI is InChI=1S/C41H52O4/c1-38(2)31(28-13-15-29(16-14-28)36(42)44-5)19-23-40(4)34(38)21-24-39(3)32-20-25-41(37(43)45-26-27-10-7-6-8-11-27)22-9-12-33(41)30(32)17-18-35(39)40/h6-8,10-11,13-16,19,30,32-35H,9,12,17-18,20-26H2,1-5H3/t30?,32?,33-,34+,35+,39?,40?,41?/m1/s1. The Kier molecular flexibility index (Phi) is 7.61. The second-order valence-electron chi connectivity index (χ2n) is 16.4. The van der Waals surface area contributed by atoms with Crippen molar-refractivity contribution >= 4 is 17.5 Å². The van der Waals surface area contributed by atoms with E-state index in [2.05, 4.69) is 58.0 Å². The maximum atomic E-state index is 13.9. The number of benzene rings is 2. The van der Waals surface area contributed by atoms with Gasteiger partial charge in [-0.3, -0.25) is 4.79 Å². The van der Waals surface area contributed by atoms with Gasteiger partial charge in [-0.25, -0.2) is 4.79 Å². The zero-order chi connectivity index (χ0) is 31.6. The third-order valence-corrected chi connectivity index (χ3v) is 14.3. The lowest BCUT2D eigenvalue weighted by molar-refractivity contribution is -0.191. The van der Waals surface area contributed by atoms with Crippen molar-refractivity contribution in [2.45, 2.75) is 98.5 Å². The fourth-order valence-electron chi connectivity index (χ4n) is 12.4. The summed E-state index contributed by atoms with van der Waals surface area (Å²) in [6.45, 7) is 10.6. The van der Waals surface area contributed by atoms with Crippen LogP contribution in [0.4, 0.5) is 0 Å². The molecule has 0 heterocycles. The Morgan fingerprint density at radius 1 is 0.778 bits per heavy atom. The van der Waals surface area contributed by atoms with Crippen LogP contribution < -0.4 is 0 Å². The molecule has 0 saturated heterocycles. The fraction of sp³-hybridized carbons (Fsp3) is 0.610. The van der Waals surface area contributed by atoms with Gasteiger partial charge in [-0.15, -0.1) is 0 Å². The maximum absolute atomic E-state index is 13.9. The summed E-state index contributed by atoms with van der Waals surface area (Å²) in [4.78, 5) is 25.9. The smallest absolute Gasteiger partial charge is 0.337 e. The molecule has 4 nitrogen and oxygen atoms in total. The first-order valence-corrected chi connectivity index (χ1v) is 17.7. The molecule has 4 fully saturated rings. The molecule has 0 spiro atoms. The summed E-state index contributed by atoms with van der Waals surface area (Å²) in [5.74, 6) is 2.93. The van der Waals surface area contributed by atoms with Crippen molar-refractivity contribution in [3.63, 3.8) is 0 Å². The number of ether oxygens (including phenoxy) is 2. The van der Waals surface area contributed by atoms with Crippen LogP contribution in [0.5, 0.6) is 0 Å². The summed E-state index contributed by atoms with van der Waals surface area (Å²) in [7, 11) is 1.44. The molecule has 0 aliphatic heterocycles. The average Bonchev–Trinajstić information content (AvgIpc) is 3.49. The van der Waals surface area contributed by atoms with E-state index >= 15 is 0 Å². The van der Waals surface area contributed by atoms with Crippen LogP contribution in [0, 0.1) is 51.2 Å². The Bertz CT molecular complexity index is 1470. The van der Waals surface area contributed by atoms with E-state index in [1.165, 1.54) is 56.8 Å². The molecular weight excluding hydrogens is 556 g/mol. The van der Waals surface area contributed by atoms with Gasteiger partial charge in [-0.1, -0.05) is 82.7 Å². The molecule has 0 radical (unpaired) electrons. The van der Waals surface area contributed by atoms with Gasteiger partial charge < -0.3 is 9.47 Å². The largest absolute Gasteiger partial charge is 0.465 e. The minimum atomic E-state index is -0.283. The highest BCUT2D eigenvalue weighted by atomic mass is 16.5. The van der Waals surface area contributed by atoms with Gasteiger partial charge in [0.1, 0.15) is 6.61 Å². The van der Waals surface area contributed by atoms with E-state index in [0.717, 1.165) is 31.2 Å². The van der Waals surface area contributed by atoms with Crippen LogP contribution in [-0.2, 0) is 20.9 Å². The molecule has 2 aromatic rings. The van der Waals surface area contributed by atoms with E-state index < -0.39 is 0 Å². The molecule has 0 aromatic heterocycles. The molecule has 2 aromatic carbocycles. The maximum Gasteiger partial charge on any atom is 0.337 e. The summed E-state index contributed by atoms with van der Waals surface area (Å²) in [6, 6.07) is 18.2. The highest BCUT2D eigenvalue weighted by molar-refractivity contribution is 5.90. The summed E-state index contributed by atoms with van der Waals surface area (Å²) in [6.07, 6.45) is 14.3. The van der Waals surface area contributed by atoms with Gasteiger partial charge in [0, 0.05) is 0 Å². The Labute approximate surface area is 270 Å². The molecule has 0 N–H and O–H groups in total. The highest BCUT2D eigenvalue weighted by Gasteiger charge is 2.66. The van der Waals surface area contributed by atoms with Crippen LogP contribution in [0.15, 0.2) is 60.7 Å². The van der Waals surface area contributed by atoms with Gasteiger partial charge in [0.25, 0.3) is 0 Å². The van der Waals surface area contributed by atoms with Crippen LogP contribution in [0.3, 0.4) is 0 Å². The van der Waals surface area contributed by atoms with E-state index in [1.54, 1.807) is 0 Å². The number of rotatable bonds is 5. The van der Waals surface area contributed by atoms with Crippen molar-refractivity contribution in [2.24, 2.45) is 51.2 Å². The first-order valence-electron chi connectivity index (χ1n) is 17.7. The molecule has 5 unspecified atom stereocenters. The predicted molar refractivity (Wildman–Crippen MR) is 178 cm³/mol. The molecule has 240 valence electrons. The number of allylic oxidation sites excluding steroid dienone is 2. The zero-order valence-corrected chi connectivity index (χ0v) is 28.1. The second kappa shape index (κ2) is 11.1. The Balaban J connectivity index is 1.12. The van der Waals surface area contributed by atoms with E-state index in [9.17, 15) is 9.59 Å².